The predicted octanol–water partition coefficient (Wildman–Crippen LogP) is 3.69. The molecule has 6 nitrogen and oxygen atoms in total. The third-order valence-electron chi connectivity index (χ3n) is 5.09. The number of hydrogen-bond acceptors (Lipinski definition) is 5. The molecule has 0 radical (unpaired) electrons. The van der Waals surface area contributed by atoms with Crippen LogP contribution in [0.2, 0.25) is 0 Å². The Morgan fingerprint density at radius 2 is 1.87 bits per heavy atom. The Morgan fingerprint density at radius 1 is 1.17 bits per heavy atom. The molecule has 0 aliphatic carbocycles. The Labute approximate surface area is 178 Å². The predicted molar refractivity (Wildman–Crippen MR) is 118 cm³/mol. The van der Waals surface area contributed by atoms with Crippen LogP contribution in [0.3, 0.4) is 0 Å². The van der Waals surface area contributed by atoms with Gasteiger partial charge in [-0.3, -0.25) is 9.69 Å². The van der Waals surface area contributed by atoms with Crippen molar-refractivity contribution in [2.45, 2.75) is 32.4 Å². The van der Waals surface area contributed by atoms with Crippen molar-refractivity contribution in [3.05, 3.63) is 71.9 Å². The van der Waals surface area contributed by atoms with Crippen LogP contribution in [0.25, 0.3) is 0 Å². The van der Waals surface area contributed by atoms with E-state index >= 15 is 0 Å². The van der Waals surface area contributed by atoms with E-state index in [-0.39, 0.29) is 11.6 Å². The first-order valence-corrected chi connectivity index (χ1v) is 10.3. The van der Waals surface area contributed by atoms with E-state index in [2.05, 4.69) is 39.8 Å². The van der Waals surface area contributed by atoms with Crippen LogP contribution in [0, 0.1) is 11.3 Å². The van der Waals surface area contributed by atoms with E-state index < -0.39 is 5.91 Å². The fourth-order valence-corrected chi connectivity index (χ4v) is 3.45. The Kier molecular flexibility index (Phi) is 7.87. The molecule has 2 aromatic carbocycles. The highest BCUT2D eigenvalue weighted by Crippen LogP contribution is 2.17. The minimum atomic E-state index is -0.421. The van der Waals surface area contributed by atoms with Crippen LogP contribution < -0.4 is 15.4 Å². The van der Waals surface area contributed by atoms with E-state index in [9.17, 15) is 10.1 Å². The summed E-state index contributed by atoms with van der Waals surface area (Å²) in [7, 11) is 0. The van der Waals surface area contributed by atoms with Crippen molar-refractivity contribution in [2.75, 3.05) is 25.0 Å². The van der Waals surface area contributed by atoms with Crippen molar-refractivity contribution in [2.24, 2.45) is 0 Å². The third-order valence-corrected chi connectivity index (χ3v) is 5.09. The van der Waals surface area contributed by atoms with Crippen LogP contribution >= 0.6 is 0 Å². The number of rotatable bonds is 8. The Morgan fingerprint density at radius 3 is 2.50 bits per heavy atom. The topological polar surface area (TPSA) is 77.4 Å². The Balaban J connectivity index is 1.47. The van der Waals surface area contributed by atoms with Crippen LogP contribution in [-0.4, -0.2) is 36.5 Å². The number of amides is 1. The maximum Gasteiger partial charge on any atom is 0.267 e. The molecule has 0 unspecified atom stereocenters. The second kappa shape index (κ2) is 11.0. The summed E-state index contributed by atoms with van der Waals surface area (Å²) in [6, 6.07) is 19.8. The SMILES string of the molecule is CCOc1ccc(NC(=O)/C(C#N)=C\NC2CCN(Cc3ccccc3)CC2)cc1. The summed E-state index contributed by atoms with van der Waals surface area (Å²) in [6.07, 6.45) is 3.49. The quantitative estimate of drug-likeness (QED) is 0.518. The van der Waals surface area contributed by atoms with Gasteiger partial charge in [0.2, 0.25) is 0 Å². The number of nitrogens with zero attached hydrogens (tertiary/aromatic N) is 2. The smallest absolute Gasteiger partial charge is 0.267 e. The zero-order chi connectivity index (χ0) is 21.2. The van der Waals surface area contributed by atoms with Gasteiger partial charge in [-0.2, -0.15) is 5.26 Å². The summed E-state index contributed by atoms with van der Waals surface area (Å²) in [5.41, 5.74) is 2.01. The zero-order valence-corrected chi connectivity index (χ0v) is 17.3. The molecule has 3 rings (SSSR count). The van der Waals surface area contributed by atoms with Crippen molar-refractivity contribution >= 4 is 11.6 Å². The van der Waals surface area contributed by atoms with Crippen LogP contribution in [-0.2, 0) is 11.3 Å². The lowest BCUT2D eigenvalue weighted by molar-refractivity contribution is -0.112. The summed E-state index contributed by atoms with van der Waals surface area (Å²) in [4.78, 5) is 14.8. The number of anilines is 1. The number of carbonyl (C=O) groups is 1. The highest BCUT2D eigenvalue weighted by Gasteiger charge is 2.19. The first-order valence-electron chi connectivity index (χ1n) is 10.3. The lowest BCUT2D eigenvalue weighted by Gasteiger charge is -2.32. The summed E-state index contributed by atoms with van der Waals surface area (Å²) >= 11 is 0. The lowest BCUT2D eigenvalue weighted by atomic mass is 10.0. The zero-order valence-electron chi connectivity index (χ0n) is 17.3. The normalized spacial score (nSPS) is 15.3. The molecule has 156 valence electrons. The van der Waals surface area contributed by atoms with Gasteiger partial charge in [-0.25, -0.2) is 0 Å². The number of benzene rings is 2. The molecule has 0 aromatic heterocycles. The average Bonchev–Trinajstić information content (AvgIpc) is 2.77. The van der Waals surface area contributed by atoms with E-state index in [0.717, 1.165) is 38.2 Å². The number of likely N-dealkylation sites (tertiary alicyclic amines) is 1. The number of piperidine rings is 1. The summed E-state index contributed by atoms with van der Waals surface area (Å²) < 4.78 is 5.39. The van der Waals surface area contributed by atoms with Gasteiger partial charge < -0.3 is 15.4 Å². The van der Waals surface area contributed by atoms with E-state index in [1.54, 1.807) is 30.5 Å². The van der Waals surface area contributed by atoms with Crippen molar-refractivity contribution in [3.63, 3.8) is 0 Å². The minimum absolute atomic E-state index is 0.0654. The fourth-order valence-electron chi connectivity index (χ4n) is 3.45. The molecule has 1 aliphatic rings. The van der Waals surface area contributed by atoms with Crippen LogP contribution in [0.4, 0.5) is 5.69 Å². The highest BCUT2D eigenvalue weighted by molar-refractivity contribution is 6.06. The standard InChI is InChI=1S/C24H28N4O2/c1-2-30-23-10-8-22(9-11-23)27-24(29)20(16-25)17-26-21-12-14-28(15-13-21)18-19-6-4-3-5-7-19/h3-11,17,21,26H,2,12-15,18H2,1H3,(H,27,29)/b20-17-. The van der Waals surface area contributed by atoms with Gasteiger partial charge >= 0.3 is 0 Å². The molecule has 2 aromatic rings. The monoisotopic (exact) mass is 404 g/mol. The maximum absolute atomic E-state index is 12.4. The molecule has 30 heavy (non-hydrogen) atoms. The van der Waals surface area contributed by atoms with Crippen molar-refractivity contribution in [1.82, 2.24) is 10.2 Å². The number of hydrogen-bond donors (Lipinski definition) is 2. The molecule has 0 spiro atoms. The van der Waals surface area contributed by atoms with Crippen LogP contribution in [0.1, 0.15) is 25.3 Å². The Bertz CT molecular complexity index is 880. The molecule has 1 fully saturated rings. The van der Waals surface area contributed by atoms with Gasteiger partial charge in [0, 0.05) is 37.6 Å². The highest BCUT2D eigenvalue weighted by atomic mass is 16.5. The van der Waals surface area contributed by atoms with Gasteiger partial charge in [0.05, 0.1) is 6.61 Å². The molecule has 1 aliphatic heterocycles. The molecular weight excluding hydrogens is 376 g/mol. The second-order valence-corrected chi connectivity index (χ2v) is 7.28. The van der Waals surface area contributed by atoms with E-state index in [1.165, 1.54) is 5.56 Å². The van der Waals surface area contributed by atoms with Gasteiger partial charge in [-0.15, -0.1) is 0 Å². The minimum Gasteiger partial charge on any atom is -0.494 e. The van der Waals surface area contributed by atoms with Crippen molar-refractivity contribution in [1.29, 1.82) is 5.26 Å². The molecule has 0 bridgehead atoms. The fraction of sp³-hybridized carbons (Fsp3) is 0.333. The molecule has 0 atom stereocenters. The van der Waals surface area contributed by atoms with Gasteiger partial charge in [0.25, 0.3) is 5.91 Å². The number of ether oxygens (including phenoxy) is 1. The van der Waals surface area contributed by atoms with Gasteiger partial charge in [0.1, 0.15) is 17.4 Å². The first-order chi connectivity index (χ1) is 14.7. The van der Waals surface area contributed by atoms with Gasteiger partial charge in [-0.05, 0) is 49.6 Å². The first kappa shape index (κ1) is 21.4. The van der Waals surface area contributed by atoms with Crippen LogP contribution in [0.5, 0.6) is 5.75 Å². The lowest BCUT2D eigenvalue weighted by Crippen LogP contribution is -2.40. The maximum atomic E-state index is 12.4. The number of nitriles is 1. The summed E-state index contributed by atoms with van der Waals surface area (Å²) in [6.45, 7) is 5.43. The second-order valence-electron chi connectivity index (χ2n) is 7.28. The van der Waals surface area contributed by atoms with E-state index in [1.807, 2.05) is 19.1 Å². The van der Waals surface area contributed by atoms with Gasteiger partial charge in [0.15, 0.2) is 0 Å². The Hall–Kier alpha value is -3.30. The molecular formula is C24H28N4O2. The van der Waals surface area contributed by atoms with Crippen molar-refractivity contribution in [3.8, 4) is 11.8 Å². The third kappa shape index (κ3) is 6.36. The van der Waals surface area contributed by atoms with Crippen LogP contribution in [0.15, 0.2) is 66.4 Å². The molecule has 6 heteroatoms. The average molecular weight is 405 g/mol. The largest absolute Gasteiger partial charge is 0.494 e. The molecule has 0 saturated carbocycles. The van der Waals surface area contributed by atoms with Crippen molar-refractivity contribution < 1.29 is 9.53 Å². The molecule has 1 heterocycles. The van der Waals surface area contributed by atoms with E-state index in [4.69, 9.17) is 4.74 Å². The summed E-state index contributed by atoms with van der Waals surface area (Å²) in [5.74, 6) is 0.322. The van der Waals surface area contributed by atoms with Gasteiger partial charge in [-0.1, -0.05) is 30.3 Å². The number of nitrogens with one attached hydrogen (secondary N) is 2. The molecule has 1 saturated heterocycles. The number of carbonyl (C=O) groups excluding carboxylic acids is 1. The molecule has 2 N–H and O–H groups in total. The molecule has 1 amide bonds. The summed E-state index contributed by atoms with van der Waals surface area (Å²) in [5, 5.41) is 15.4. The van der Waals surface area contributed by atoms with E-state index in [0.29, 0.717) is 12.3 Å².